The Labute approximate surface area is 244 Å². The van der Waals surface area contributed by atoms with E-state index in [-0.39, 0.29) is 30.6 Å². The average Bonchev–Trinajstić information content (AvgIpc) is 2.90. The Hall–Kier alpha value is -2.88. The SMILES string of the molecule is CCC(C)NC(=O)C(Cc1ccccc1)N(Cc1ccc(Br)cc1)C(=O)CN(c1cccc(Cl)c1)S(C)(=O)=O. The number of hydrogen-bond donors (Lipinski definition) is 1. The van der Waals surface area contributed by atoms with Crippen LogP contribution in [0.5, 0.6) is 0 Å². The number of rotatable bonds is 12. The normalized spacial score (nSPS) is 12.8. The van der Waals surface area contributed by atoms with Gasteiger partial charge in [0.25, 0.3) is 0 Å². The zero-order valence-electron chi connectivity index (χ0n) is 22.2. The Morgan fingerprint density at radius 2 is 1.64 bits per heavy atom. The van der Waals surface area contributed by atoms with Crippen molar-refractivity contribution >= 4 is 55.1 Å². The predicted molar refractivity (Wildman–Crippen MR) is 160 cm³/mol. The average molecular weight is 635 g/mol. The Bertz CT molecular complexity index is 1370. The largest absolute Gasteiger partial charge is 0.352 e. The maximum Gasteiger partial charge on any atom is 0.244 e. The van der Waals surface area contributed by atoms with Crippen LogP contribution in [-0.2, 0) is 32.6 Å². The van der Waals surface area contributed by atoms with Crippen LogP contribution in [0.25, 0.3) is 0 Å². The molecule has 0 aromatic heterocycles. The number of carbonyl (C=O) groups is 2. The van der Waals surface area contributed by atoms with Crippen LogP contribution in [0.4, 0.5) is 5.69 Å². The number of sulfonamides is 1. The van der Waals surface area contributed by atoms with Crippen LogP contribution in [0, 0.1) is 0 Å². The van der Waals surface area contributed by atoms with Crippen LogP contribution < -0.4 is 9.62 Å². The molecule has 0 fully saturated rings. The highest BCUT2D eigenvalue weighted by atomic mass is 79.9. The van der Waals surface area contributed by atoms with Gasteiger partial charge in [-0.3, -0.25) is 13.9 Å². The second-order valence-corrected chi connectivity index (χ2v) is 12.7. The lowest BCUT2D eigenvalue weighted by molar-refractivity contribution is -0.140. The second kappa shape index (κ2) is 14.0. The van der Waals surface area contributed by atoms with Gasteiger partial charge in [-0.25, -0.2) is 8.42 Å². The number of carbonyl (C=O) groups excluding carboxylic acids is 2. The van der Waals surface area contributed by atoms with E-state index in [0.717, 1.165) is 32.6 Å². The molecule has 0 aliphatic rings. The van der Waals surface area contributed by atoms with Crippen LogP contribution in [0.3, 0.4) is 0 Å². The number of hydrogen-bond acceptors (Lipinski definition) is 4. The zero-order chi connectivity index (χ0) is 28.6. The summed E-state index contributed by atoms with van der Waals surface area (Å²) < 4.78 is 27.5. The van der Waals surface area contributed by atoms with E-state index < -0.39 is 28.5 Å². The third-order valence-electron chi connectivity index (χ3n) is 6.31. The van der Waals surface area contributed by atoms with Crippen molar-refractivity contribution < 1.29 is 18.0 Å². The van der Waals surface area contributed by atoms with Crippen LogP contribution in [0.1, 0.15) is 31.4 Å². The maximum absolute atomic E-state index is 14.0. The Kier molecular flexibility index (Phi) is 11.0. The van der Waals surface area contributed by atoms with Crippen molar-refractivity contribution in [3.05, 3.63) is 99.5 Å². The van der Waals surface area contributed by atoms with Crippen molar-refractivity contribution in [3.8, 4) is 0 Å². The van der Waals surface area contributed by atoms with Gasteiger partial charge in [0, 0.05) is 28.5 Å². The molecule has 2 amide bonds. The van der Waals surface area contributed by atoms with Crippen molar-refractivity contribution in [2.45, 2.75) is 45.3 Å². The summed E-state index contributed by atoms with van der Waals surface area (Å²) in [6, 6.07) is 22.2. The minimum Gasteiger partial charge on any atom is -0.352 e. The summed E-state index contributed by atoms with van der Waals surface area (Å²) in [5.41, 5.74) is 1.95. The standard InChI is InChI=1S/C29H33BrClN3O4S/c1-4-21(2)32-29(36)27(17-22-9-6-5-7-10-22)33(19-23-13-15-24(30)16-14-23)28(35)20-34(39(3,37)38)26-12-8-11-25(31)18-26/h5-16,18,21,27H,4,17,19-20H2,1-3H3,(H,32,36). The van der Waals surface area contributed by atoms with Crippen molar-refractivity contribution in [3.63, 3.8) is 0 Å². The third-order valence-corrected chi connectivity index (χ3v) is 8.22. The Morgan fingerprint density at radius 1 is 0.974 bits per heavy atom. The van der Waals surface area contributed by atoms with E-state index in [1.54, 1.807) is 18.2 Å². The van der Waals surface area contributed by atoms with E-state index >= 15 is 0 Å². The fourth-order valence-corrected chi connectivity index (χ4v) is 5.32. The first-order valence-electron chi connectivity index (χ1n) is 12.6. The van der Waals surface area contributed by atoms with Gasteiger partial charge in [-0.15, -0.1) is 0 Å². The number of nitrogens with one attached hydrogen (secondary N) is 1. The highest BCUT2D eigenvalue weighted by Gasteiger charge is 2.33. The van der Waals surface area contributed by atoms with Crippen molar-refractivity contribution in [1.82, 2.24) is 10.2 Å². The van der Waals surface area contributed by atoms with Gasteiger partial charge >= 0.3 is 0 Å². The van der Waals surface area contributed by atoms with Crippen LogP contribution in [0.2, 0.25) is 5.02 Å². The van der Waals surface area contributed by atoms with Gasteiger partial charge in [0.15, 0.2) is 0 Å². The van der Waals surface area contributed by atoms with E-state index in [4.69, 9.17) is 11.6 Å². The molecule has 0 spiro atoms. The molecule has 3 aromatic carbocycles. The van der Waals surface area contributed by atoms with Gasteiger partial charge in [0.05, 0.1) is 11.9 Å². The molecule has 1 N–H and O–H groups in total. The van der Waals surface area contributed by atoms with E-state index in [1.807, 2.05) is 68.4 Å². The summed E-state index contributed by atoms with van der Waals surface area (Å²) in [6.45, 7) is 3.50. The molecule has 2 atom stereocenters. The molecule has 0 aliphatic carbocycles. The van der Waals surface area contributed by atoms with Gasteiger partial charge in [0.1, 0.15) is 12.6 Å². The van der Waals surface area contributed by atoms with Crippen LogP contribution in [0.15, 0.2) is 83.3 Å². The first-order valence-corrected chi connectivity index (χ1v) is 15.6. The summed E-state index contributed by atoms with van der Waals surface area (Å²) in [4.78, 5) is 29.1. The fraction of sp³-hybridized carbons (Fsp3) is 0.310. The molecule has 0 saturated carbocycles. The molecular weight excluding hydrogens is 602 g/mol. The van der Waals surface area contributed by atoms with Crippen LogP contribution >= 0.6 is 27.5 Å². The van der Waals surface area contributed by atoms with E-state index in [0.29, 0.717) is 5.02 Å². The predicted octanol–water partition coefficient (Wildman–Crippen LogP) is 5.42. The number of anilines is 1. The molecule has 3 aromatic rings. The van der Waals surface area contributed by atoms with Crippen molar-refractivity contribution in [1.29, 1.82) is 0 Å². The monoisotopic (exact) mass is 633 g/mol. The molecule has 0 bridgehead atoms. The number of halogens is 2. The quantitative estimate of drug-likeness (QED) is 0.288. The molecule has 3 rings (SSSR count). The van der Waals surface area contributed by atoms with Crippen molar-refractivity contribution in [2.75, 3.05) is 17.1 Å². The number of nitrogens with zero attached hydrogens (tertiary/aromatic N) is 2. The summed E-state index contributed by atoms with van der Waals surface area (Å²) >= 11 is 9.56. The smallest absolute Gasteiger partial charge is 0.244 e. The lowest BCUT2D eigenvalue weighted by Gasteiger charge is -2.34. The summed E-state index contributed by atoms with van der Waals surface area (Å²) in [7, 11) is -3.85. The van der Waals surface area contributed by atoms with Crippen molar-refractivity contribution in [2.24, 2.45) is 0 Å². The molecule has 0 heterocycles. The number of benzene rings is 3. The molecule has 7 nitrogen and oxygen atoms in total. The van der Waals surface area contributed by atoms with Gasteiger partial charge in [-0.2, -0.15) is 0 Å². The minimum absolute atomic E-state index is 0.0978. The molecule has 39 heavy (non-hydrogen) atoms. The first-order chi connectivity index (χ1) is 18.5. The van der Waals surface area contributed by atoms with Gasteiger partial charge in [0.2, 0.25) is 21.8 Å². The number of amides is 2. The summed E-state index contributed by atoms with van der Waals surface area (Å²) in [5, 5.41) is 3.36. The molecule has 208 valence electrons. The zero-order valence-corrected chi connectivity index (χ0v) is 25.3. The molecular formula is C29H33BrClN3O4S. The summed E-state index contributed by atoms with van der Waals surface area (Å²) in [5.74, 6) is -0.809. The Balaban J connectivity index is 2.05. The molecule has 0 aliphatic heterocycles. The molecule has 0 saturated heterocycles. The lowest BCUT2D eigenvalue weighted by atomic mass is 10.0. The second-order valence-electron chi connectivity index (χ2n) is 9.42. The summed E-state index contributed by atoms with van der Waals surface area (Å²) in [6.07, 6.45) is 2.03. The molecule has 2 unspecified atom stereocenters. The first kappa shape index (κ1) is 30.7. The lowest BCUT2D eigenvalue weighted by Crippen LogP contribution is -2.54. The minimum atomic E-state index is -3.85. The van der Waals surface area contributed by atoms with E-state index in [9.17, 15) is 18.0 Å². The van der Waals surface area contributed by atoms with Gasteiger partial charge in [-0.05, 0) is 54.8 Å². The van der Waals surface area contributed by atoms with Crippen LogP contribution in [-0.4, -0.2) is 50.0 Å². The van der Waals surface area contributed by atoms with Gasteiger partial charge < -0.3 is 10.2 Å². The topological polar surface area (TPSA) is 86.8 Å². The third kappa shape index (κ3) is 9.08. The maximum atomic E-state index is 14.0. The highest BCUT2D eigenvalue weighted by molar-refractivity contribution is 9.10. The van der Waals surface area contributed by atoms with Gasteiger partial charge in [-0.1, -0.05) is 83.0 Å². The molecule has 10 heteroatoms. The van der Waals surface area contributed by atoms with E-state index in [2.05, 4.69) is 21.2 Å². The fourth-order valence-electron chi connectivity index (χ4n) is 4.03. The highest BCUT2D eigenvalue weighted by Crippen LogP contribution is 2.23. The Morgan fingerprint density at radius 3 is 2.23 bits per heavy atom. The van der Waals surface area contributed by atoms with E-state index in [1.165, 1.54) is 11.0 Å². The molecule has 0 radical (unpaired) electrons.